The van der Waals surface area contributed by atoms with Crippen molar-refractivity contribution in [1.82, 2.24) is 14.5 Å². The summed E-state index contributed by atoms with van der Waals surface area (Å²) in [5.74, 6) is 0. The lowest BCUT2D eigenvalue weighted by atomic mass is 10.4. The number of aliphatic hydroxyl groups excluding tert-OH is 1. The molecule has 1 rings (SSSR count). The van der Waals surface area contributed by atoms with Crippen LogP contribution in [0.1, 0.15) is 19.0 Å². The summed E-state index contributed by atoms with van der Waals surface area (Å²) in [4.78, 5) is 0.201. The molecule has 16 heavy (non-hydrogen) atoms. The van der Waals surface area contributed by atoms with Crippen molar-refractivity contribution < 1.29 is 13.5 Å². The largest absolute Gasteiger partial charge is 0.396 e. The maximum absolute atomic E-state index is 12.1. The average Bonchev–Trinajstić information content (AvgIpc) is 2.66. The van der Waals surface area contributed by atoms with Crippen LogP contribution in [0.25, 0.3) is 0 Å². The lowest BCUT2D eigenvalue weighted by Gasteiger charge is -2.19. The number of sulfonamides is 1. The third kappa shape index (κ3) is 2.60. The van der Waals surface area contributed by atoms with Gasteiger partial charge in [0.25, 0.3) is 0 Å². The molecule has 6 nitrogen and oxygen atoms in total. The summed E-state index contributed by atoms with van der Waals surface area (Å²) < 4.78 is 25.6. The maximum atomic E-state index is 12.1. The Morgan fingerprint density at radius 3 is 2.69 bits per heavy atom. The standard InChI is InChI=1S/C9H17N3O3S/c1-3-12(5-4-6-13)16(14,15)9-7-10-11-8(9)2/h7,13H,3-6H2,1-2H3,(H,10,11). The van der Waals surface area contributed by atoms with Crippen molar-refractivity contribution in [3.05, 3.63) is 11.9 Å². The summed E-state index contributed by atoms with van der Waals surface area (Å²) >= 11 is 0. The maximum Gasteiger partial charge on any atom is 0.246 e. The zero-order valence-electron chi connectivity index (χ0n) is 9.47. The summed E-state index contributed by atoms with van der Waals surface area (Å²) in [6, 6.07) is 0. The molecule has 0 saturated heterocycles. The fraction of sp³-hybridized carbons (Fsp3) is 0.667. The van der Waals surface area contributed by atoms with E-state index in [1.165, 1.54) is 10.5 Å². The first-order valence-corrected chi connectivity index (χ1v) is 6.59. The smallest absolute Gasteiger partial charge is 0.246 e. The Kier molecular flexibility index (Phi) is 4.45. The van der Waals surface area contributed by atoms with Crippen molar-refractivity contribution in [3.63, 3.8) is 0 Å². The highest BCUT2D eigenvalue weighted by molar-refractivity contribution is 7.89. The van der Waals surface area contributed by atoms with Crippen LogP contribution in [0.5, 0.6) is 0 Å². The summed E-state index contributed by atoms with van der Waals surface area (Å²) in [6.45, 7) is 4.12. The highest BCUT2D eigenvalue weighted by Crippen LogP contribution is 2.17. The number of nitrogens with one attached hydrogen (secondary N) is 1. The van der Waals surface area contributed by atoms with Crippen LogP contribution in [-0.4, -0.2) is 47.7 Å². The zero-order valence-corrected chi connectivity index (χ0v) is 10.3. The van der Waals surface area contributed by atoms with Gasteiger partial charge in [-0.05, 0) is 13.3 Å². The topological polar surface area (TPSA) is 86.3 Å². The Hall–Kier alpha value is -0.920. The molecule has 0 fully saturated rings. The average molecular weight is 247 g/mol. The number of rotatable bonds is 6. The highest BCUT2D eigenvalue weighted by Gasteiger charge is 2.25. The van der Waals surface area contributed by atoms with E-state index >= 15 is 0 Å². The van der Waals surface area contributed by atoms with Gasteiger partial charge in [-0.1, -0.05) is 6.92 Å². The fourth-order valence-electron chi connectivity index (χ4n) is 1.43. The molecule has 0 amide bonds. The first-order chi connectivity index (χ1) is 7.54. The van der Waals surface area contributed by atoms with E-state index < -0.39 is 10.0 Å². The number of aromatic amines is 1. The number of hydrogen-bond donors (Lipinski definition) is 2. The van der Waals surface area contributed by atoms with Gasteiger partial charge < -0.3 is 5.11 Å². The van der Waals surface area contributed by atoms with Crippen LogP contribution < -0.4 is 0 Å². The van der Waals surface area contributed by atoms with Crippen LogP contribution in [0.3, 0.4) is 0 Å². The molecule has 0 aliphatic heterocycles. The summed E-state index contributed by atoms with van der Waals surface area (Å²) in [6.07, 6.45) is 1.75. The molecule has 0 aliphatic carbocycles. The van der Waals surface area contributed by atoms with E-state index in [0.717, 1.165) is 0 Å². The van der Waals surface area contributed by atoms with Gasteiger partial charge in [-0.15, -0.1) is 0 Å². The van der Waals surface area contributed by atoms with Gasteiger partial charge in [0, 0.05) is 19.7 Å². The van der Waals surface area contributed by atoms with E-state index in [9.17, 15) is 8.42 Å². The first kappa shape index (κ1) is 13.1. The number of aromatic nitrogens is 2. The molecule has 0 spiro atoms. The van der Waals surface area contributed by atoms with Gasteiger partial charge in [0.2, 0.25) is 10.0 Å². The van der Waals surface area contributed by atoms with Crippen LogP contribution in [-0.2, 0) is 10.0 Å². The molecule has 92 valence electrons. The Labute approximate surface area is 95.3 Å². The van der Waals surface area contributed by atoms with E-state index in [2.05, 4.69) is 10.2 Å². The van der Waals surface area contributed by atoms with Crippen LogP contribution in [0, 0.1) is 6.92 Å². The zero-order chi connectivity index (χ0) is 12.2. The molecule has 1 heterocycles. The van der Waals surface area contributed by atoms with Crippen molar-refractivity contribution in [3.8, 4) is 0 Å². The monoisotopic (exact) mass is 247 g/mol. The number of aliphatic hydroxyl groups is 1. The van der Waals surface area contributed by atoms with Crippen LogP contribution >= 0.6 is 0 Å². The predicted octanol–water partition coefficient (Wildman–Crippen LogP) is 0.111. The SMILES string of the molecule is CCN(CCCO)S(=O)(=O)c1cn[nH]c1C. The van der Waals surface area contributed by atoms with Gasteiger partial charge in [0.15, 0.2) is 0 Å². The molecule has 0 atom stereocenters. The van der Waals surface area contributed by atoms with Crippen LogP contribution in [0.15, 0.2) is 11.1 Å². The molecule has 0 radical (unpaired) electrons. The quantitative estimate of drug-likeness (QED) is 0.747. The Bertz CT molecular complexity index is 427. The van der Waals surface area contributed by atoms with Gasteiger partial charge in [0.05, 0.1) is 11.9 Å². The third-order valence-electron chi connectivity index (χ3n) is 2.32. The minimum Gasteiger partial charge on any atom is -0.396 e. The molecule has 0 aromatic carbocycles. The molecule has 0 aliphatic rings. The van der Waals surface area contributed by atoms with Gasteiger partial charge in [-0.3, -0.25) is 5.10 Å². The molecule has 0 unspecified atom stereocenters. The van der Waals surface area contributed by atoms with Crippen molar-refractivity contribution in [2.75, 3.05) is 19.7 Å². The molecule has 2 N–H and O–H groups in total. The number of aryl methyl sites for hydroxylation is 1. The molecule has 0 saturated carbocycles. The Morgan fingerprint density at radius 1 is 1.56 bits per heavy atom. The predicted molar refractivity (Wildman–Crippen MR) is 59.5 cm³/mol. The molecule has 1 aromatic heterocycles. The van der Waals surface area contributed by atoms with Gasteiger partial charge in [-0.25, -0.2) is 8.42 Å². The minimum atomic E-state index is -3.48. The lowest BCUT2D eigenvalue weighted by Crippen LogP contribution is -2.32. The van der Waals surface area contributed by atoms with E-state index in [1.807, 2.05) is 0 Å². The number of H-pyrrole nitrogens is 1. The van der Waals surface area contributed by atoms with E-state index in [0.29, 0.717) is 25.2 Å². The Balaban J connectivity index is 2.95. The van der Waals surface area contributed by atoms with Crippen molar-refractivity contribution in [1.29, 1.82) is 0 Å². The molecular formula is C9H17N3O3S. The van der Waals surface area contributed by atoms with Gasteiger partial charge in [0.1, 0.15) is 4.90 Å². The fourth-order valence-corrected chi connectivity index (χ4v) is 3.04. The molecule has 0 bridgehead atoms. The number of hydrogen-bond acceptors (Lipinski definition) is 4. The summed E-state index contributed by atoms with van der Waals surface area (Å²) in [7, 11) is -3.48. The minimum absolute atomic E-state index is 0.0175. The molecule has 1 aromatic rings. The normalized spacial score (nSPS) is 12.2. The molecular weight excluding hydrogens is 230 g/mol. The van der Waals surface area contributed by atoms with Crippen molar-refractivity contribution in [2.45, 2.75) is 25.2 Å². The second kappa shape index (κ2) is 5.42. The lowest BCUT2D eigenvalue weighted by molar-refractivity contribution is 0.271. The Morgan fingerprint density at radius 2 is 2.25 bits per heavy atom. The van der Waals surface area contributed by atoms with Crippen LogP contribution in [0.2, 0.25) is 0 Å². The van der Waals surface area contributed by atoms with Gasteiger partial charge in [-0.2, -0.15) is 9.40 Å². The highest BCUT2D eigenvalue weighted by atomic mass is 32.2. The summed E-state index contributed by atoms with van der Waals surface area (Å²) in [5, 5.41) is 15.0. The summed E-state index contributed by atoms with van der Waals surface area (Å²) in [5.41, 5.74) is 0.530. The van der Waals surface area contributed by atoms with Crippen LogP contribution in [0.4, 0.5) is 0 Å². The van der Waals surface area contributed by atoms with E-state index in [1.54, 1.807) is 13.8 Å². The second-order valence-corrected chi connectivity index (χ2v) is 5.34. The van der Waals surface area contributed by atoms with Crippen molar-refractivity contribution >= 4 is 10.0 Å². The third-order valence-corrected chi connectivity index (χ3v) is 4.41. The second-order valence-electron chi connectivity index (χ2n) is 3.43. The first-order valence-electron chi connectivity index (χ1n) is 5.15. The van der Waals surface area contributed by atoms with Crippen molar-refractivity contribution in [2.24, 2.45) is 0 Å². The molecule has 7 heteroatoms. The van der Waals surface area contributed by atoms with E-state index in [-0.39, 0.29) is 11.5 Å². The number of nitrogens with zero attached hydrogens (tertiary/aromatic N) is 2. The van der Waals surface area contributed by atoms with E-state index in [4.69, 9.17) is 5.11 Å². The van der Waals surface area contributed by atoms with Gasteiger partial charge >= 0.3 is 0 Å².